The second kappa shape index (κ2) is 6.39. The minimum atomic E-state index is -0.379. The fraction of sp³-hybridized carbons (Fsp3) is 0.333. The molecule has 6 heteroatoms. The molecule has 1 heterocycles. The van der Waals surface area contributed by atoms with Crippen LogP contribution in [0.2, 0.25) is 0 Å². The van der Waals surface area contributed by atoms with Crippen LogP contribution in [0.3, 0.4) is 0 Å². The van der Waals surface area contributed by atoms with Crippen molar-refractivity contribution in [2.75, 3.05) is 25.7 Å². The van der Waals surface area contributed by atoms with E-state index in [4.69, 9.17) is 9.47 Å². The van der Waals surface area contributed by atoms with Gasteiger partial charge in [-0.25, -0.2) is 0 Å². The second-order valence-corrected chi connectivity index (χ2v) is 5.80. The third-order valence-electron chi connectivity index (χ3n) is 4.58. The van der Waals surface area contributed by atoms with Crippen molar-refractivity contribution in [3.8, 4) is 11.5 Å². The molecule has 2 aromatic rings. The summed E-state index contributed by atoms with van der Waals surface area (Å²) in [6, 6.07) is 10.9. The van der Waals surface area contributed by atoms with Crippen LogP contribution in [0, 0.1) is 10.1 Å². The first-order valence-electron chi connectivity index (χ1n) is 7.81. The van der Waals surface area contributed by atoms with Gasteiger partial charge in [-0.2, -0.15) is 0 Å². The number of nitro groups is 1. The molecule has 0 N–H and O–H groups in total. The lowest BCUT2D eigenvalue weighted by Crippen LogP contribution is -2.33. The van der Waals surface area contributed by atoms with Gasteiger partial charge in [0.15, 0.2) is 11.5 Å². The molecule has 0 spiro atoms. The van der Waals surface area contributed by atoms with Crippen molar-refractivity contribution in [1.82, 2.24) is 0 Å². The Kier molecular flexibility index (Phi) is 4.29. The van der Waals surface area contributed by atoms with Crippen LogP contribution in [-0.4, -0.2) is 25.7 Å². The van der Waals surface area contributed by atoms with E-state index in [2.05, 4.69) is 11.8 Å². The molecule has 1 aliphatic rings. The van der Waals surface area contributed by atoms with Crippen LogP contribution in [-0.2, 0) is 6.42 Å². The van der Waals surface area contributed by atoms with Crippen LogP contribution >= 0.6 is 0 Å². The minimum absolute atomic E-state index is 0.107. The van der Waals surface area contributed by atoms with Gasteiger partial charge in [0.2, 0.25) is 0 Å². The number of methoxy groups -OCH3 is 2. The Morgan fingerprint density at radius 3 is 2.33 bits per heavy atom. The first-order valence-corrected chi connectivity index (χ1v) is 7.81. The summed E-state index contributed by atoms with van der Waals surface area (Å²) in [5.41, 5.74) is 3.53. The summed E-state index contributed by atoms with van der Waals surface area (Å²) in [7, 11) is 3.27. The summed E-state index contributed by atoms with van der Waals surface area (Å²) in [5, 5.41) is 10.8. The van der Waals surface area contributed by atoms with E-state index in [1.807, 2.05) is 12.1 Å². The first-order chi connectivity index (χ1) is 11.5. The minimum Gasteiger partial charge on any atom is -0.493 e. The number of benzene rings is 2. The largest absolute Gasteiger partial charge is 0.493 e. The highest BCUT2D eigenvalue weighted by Gasteiger charge is 2.26. The van der Waals surface area contributed by atoms with Gasteiger partial charge in [-0.05, 0) is 48.7 Å². The fourth-order valence-electron chi connectivity index (χ4n) is 3.26. The van der Waals surface area contributed by atoms with Crippen molar-refractivity contribution in [2.45, 2.75) is 19.4 Å². The number of ether oxygens (including phenoxy) is 2. The van der Waals surface area contributed by atoms with Crippen LogP contribution in [0.1, 0.15) is 24.1 Å². The van der Waals surface area contributed by atoms with E-state index in [-0.39, 0.29) is 16.7 Å². The highest BCUT2D eigenvalue weighted by molar-refractivity contribution is 5.57. The molecular formula is C18H20N2O4. The van der Waals surface area contributed by atoms with Crippen molar-refractivity contribution < 1.29 is 14.4 Å². The molecule has 1 atom stereocenters. The van der Waals surface area contributed by atoms with E-state index in [0.29, 0.717) is 5.75 Å². The average molecular weight is 328 g/mol. The Morgan fingerprint density at radius 1 is 1.12 bits per heavy atom. The van der Waals surface area contributed by atoms with Gasteiger partial charge in [-0.1, -0.05) is 0 Å². The van der Waals surface area contributed by atoms with Gasteiger partial charge < -0.3 is 14.4 Å². The van der Waals surface area contributed by atoms with Gasteiger partial charge in [-0.15, -0.1) is 0 Å². The first kappa shape index (κ1) is 16.1. The molecule has 0 aliphatic carbocycles. The van der Waals surface area contributed by atoms with Gasteiger partial charge >= 0.3 is 0 Å². The number of nitro benzene ring substituents is 1. The van der Waals surface area contributed by atoms with Crippen LogP contribution in [0.25, 0.3) is 0 Å². The number of anilines is 1. The van der Waals surface area contributed by atoms with Crippen LogP contribution in [0.4, 0.5) is 11.4 Å². The summed E-state index contributed by atoms with van der Waals surface area (Å²) in [5.74, 6) is 1.46. The van der Waals surface area contributed by atoms with Crippen molar-refractivity contribution in [2.24, 2.45) is 0 Å². The predicted octanol–water partition coefficient (Wildman–Crippen LogP) is 3.74. The van der Waals surface area contributed by atoms with Gasteiger partial charge in [-0.3, -0.25) is 10.1 Å². The van der Waals surface area contributed by atoms with Gasteiger partial charge in [0.1, 0.15) is 0 Å². The molecular weight excluding hydrogens is 308 g/mol. The maximum absolute atomic E-state index is 10.8. The number of rotatable bonds is 4. The van der Waals surface area contributed by atoms with Crippen molar-refractivity contribution in [3.63, 3.8) is 0 Å². The van der Waals surface area contributed by atoms with Gasteiger partial charge in [0.25, 0.3) is 5.69 Å². The number of hydrogen-bond donors (Lipinski definition) is 0. The molecule has 0 amide bonds. The highest BCUT2D eigenvalue weighted by atomic mass is 16.6. The molecule has 0 bridgehead atoms. The van der Waals surface area contributed by atoms with Crippen molar-refractivity contribution in [3.05, 3.63) is 57.6 Å². The standard InChI is InChI=1S/C18H20N2O4/c1-12-16-11-18(24-3)17(23-2)10-13(16)8-9-19(12)14-4-6-15(7-5-14)20(21)22/h4-7,10-12H,8-9H2,1-3H3/t12-/m0/s1. The third kappa shape index (κ3) is 2.75. The zero-order chi connectivity index (χ0) is 17.3. The van der Waals surface area contributed by atoms with E-state index < -0.39 is 0 Å². The zero-order valence-electron chi connectivity index (χ0n) is 14.0. The maximum Gasteiger partial charge on any atom is 0.269 e. The summed E-state index contributed by atoms with van der Waals surface area (Å²) in [6.45, 7) is 2.98. The molecule has 3 rings (SSSR count). The van der Waals surface area contributed by atoms with E-state index >= 15 is 0 Å². The molecule has 0 saturated heterocycles. The quantitative estimate of drug-likeness (QED) is 0.632. The Bertz CT molecular complexity index is 758. The molecule has 6 nitrogen and oxygen atoms in total. The van der Waals surface area contributed by atoms with Crippen LogP contribution < -0.4 is 14.4 Å². The summed E-state index contributed by atoms with van der Waals surface area (Å²) < 4.78 is 10.8. The third-order valence-corrected chi connectivity index (χ3v) is 4.58. The van der Waals surface area contributed by atoms with E-state index in [0.717, 1.165) is 24.4 Å². The Hall–Kier alpha value is -2.76. The molecule has 24 heavy (non-hydrogen) atoms. The monoisotopic (exact) mass is 328 g/mol. The lowest BCUT2D eigenvalue weighted by atomic mass is 9.92. The number of non-ortho nitro benzene ring substituents is 1. The van der Waals surface area contributed by atoms with Crippen LogP contribution in [0.5, 0.6) is 11.5 Å². The molecule has 0 saturated carbocycles. The predicted molar refractivity (Wildman–Crippen MR) is 92.1 cm³/mol. The fourth-order valence-corrected chi connectivity index (χ4v) is 3.26. The van der Waals surface area contributed by atoms with Crippen molar-refractivity contribution in [1.29, 1.82) is 0 Å². The zero-order valence-corrected chi connectivity index (χ0v) is 14.0. The molecule has 0 radical (unpaired) electrons. The SMILES string of the molecule is COc1cc2c(cc1OC)[C@H](C)N(c1ccc([N+](=O)[O-])cc1)CC2. The lowest BCUT2D eigenvalue weighted by molar-refractivity contribution is -0.384. The summed E-state index contributed by atoms with van der Waals surface area (Å²) in [6.07, 6.45) is 0.886. The van der Waals surface area contributed by atoms with Gasteiger partial charge in [0.05, 0.1) is 25.2 Å². The topological polar surface area (TPSA) is 64.8 Å². The molecule has 0 unspecified atom stereocenters. The average Bonchev–Trinajstić information content (AvgIpc) is 2.61. The van der Waals surface area contributed by atoms with Crippen molar-refractivity contribution >= 4 is 11.4 Å². The molecule has 2 aromatic carbocycles. The normalized spacial score (nSPS) is 16.5. The molecule has 126 valence electrons. The lowest BCUT2D eigenvalue weighted by Gasteiger charge is -2.37. The molecule has 1 aliphatic heterocycles. The molecule has 0 fully saturated rings. The number of fused-ring (bicyclic) bond motifs is 1. The summed E-state index contributed by atoms with van der Waals surface area (Å²) in [4.78, 5) is 12.7. The van der Waals surface area contributed by atoms with Gasteiger partial charge in [0, 0.05) is 24.4 Å². The number of hydrogen-bond acceptors (Lipinski definition) is 5. The van der Waals surface area contributed by atoms with E-state index in [9.17, 15) is 10.1 Å². The second-order valence-electron chi connectivity index (χ2n) is 5.80. The maximum atomic E-state index is 10.8. The Morgan fingerprint density at radius 2 is 1.75 bits per heavy atom. The number of nitrogens with zero attached hydrogens (tertiary/aromatic N) is 2. The van der Waals surface area contributed by atoms with E-state index in [1.165, 1.54) is 11.1 Å². The van der Waals surface area contributed by atoms with Crippen LogP contribution in [0.15, 0.2) is 36.4 Å². The summed E-state index contributed by atoms with van der Waals surface area (Å²) >= 11 is 0. The van der Waals surface area contributed by atoms with E-state index in [1.54, 1.807) is 38.5 Å². The highest BCUT2D eigenvalue weighted by Crippen LogP contribution is 2.39. The smallest absolute Gasteiger partial charge is 0.269 e. The Labute approximate surface area is 140 Å². The Balaban J connectivity index is 1.94. The molecule has 0 aromatic heterocycles.